The van der Waals surface area contributed by atoms with Gasteiger partial charge in [-0.05, 0) is 0 Å². The van der Waals surface area contributed by atoms with Crippen LogP contribution in [0.3, 0.4) is 0 Å². The highest BCUT2D eigenvalue weighted by Gasteiger charge is 2.34. The molecule has 19 heavy (non-hydrogen) atoms. The molecule has 0 bridgehead atoms. The summed E-state index contributed by atoms with van der Waals surface area (Å²) < 4.78 is 15.3. The minimum absolute atomic E-state index is 0.0198. The van der Waals surface area contributed by atoms with E-state index in [0.717, 1.165) is 0 Å². The Morgan fingerprint density at radius 1 is 1.21 bits per heavy atom. The number of esters is 1. The molecule has 0 radical (unpaired) electrons. The molecule has 104 valence electrons. The van der Waals surface area contributed by atoms with Gasteiger partial charge in [0.15, 0.2) is 5.69 Å². The summed E-state index contributed by atoms with van der Waals surface area (Å²) in [5.74, 6) is 0.115. The molecule has 0 N–H and O–H groups in total. The molecular formula is C12H17N3O4. The zero-order valence-electron chi connectivity index (χ0n) is 11.2. The van der Waals surface area contributed by atoms with Gasteiger partial charge in [0.1, 0.15) is 18.0 Å². The van der Waals surface area contributed by atoms with Crippen molar-refractivity contribution in [2.45, 2.75) is 12.2 Å². The van der Waals surface area contributed by atoms with E-state index in [-0.39, 0.29) is 17.9 Å². The van der Waals surface area contributed by atoms with Crippen LogP contribution in [-0.2, 0) is 14.2 Å². The first-order valence-corrected chi connectivity index (χ1v) is 5.90. The maximum atomic E-state index is 11.4. The molecule has 0 spiro atoms. The molecule has 0 saturated carbocycles. The van der Waals surface area contributed by atoms with Crippen LogP contribution >= 0.6 is 0 Å². The van der Waals surface area contributed by atoms with Gasteiger partial charge in [-0.1, -0.05) is 0 Å². The van der Waals surface area contributed by atoms with E-state index in [2.05, 4.69) is 14.7 Å². The Hall–Kier alpha value is -1.73. The zero-order chi connectivity index (χ0) is 13.8. The van der Waals surface area contributed by atoms with Gasteiger partial charge in [-0.25, -0.2) is 9.78 Å². The lowest BCUT2D eigenvalue weighted by Crippen LogP contribution is -2.27. The summed E-state index contributed by atoms with van der Waals surface area (Å²) in [5, 5.41) is 0. The second-order valence-corrected chi connectivity index (χ2v) is 4.21. The summed E-state index contributed by atoms with van der Waals surface area (Å²) in [6, 6.07) is 0. The van der Waals surface area contributed by atoms with Crippen molar-refractivity contribution in [3.63, 3.8) is 0 Å². The summed E-state index contributed by atoms with van der Waals surface area (Å²) in [4.78, 5) is 21.7. The summed E-state index contributed by atoms with van der Waals surface area (Å²) in [5.41, 5.74) is 0.190. The highest BCUT2D eigenvalue weighted by molar-refractivity contribution is 5.87. The van der Waals surface area contributed by atoms with Gasteiger partial charge in [-0.3, -0.25) is 4.98 Å². The minimum Gasteiger partial charge on any atom is -0.464 e. The summed E-state index contributed by atoms with van der Waals surface area (Å²) in [6.45, 7) is 1.29. The molecule has 2 heterocycles. The molecule has 1 fully saturated rings. The average molecular weight is 267 g/mol. The van der Waals surface area contributed by atoms with Crippen LogP contribution in [0.5, 0.6) is 0 Å². The van der Waals surface area contributed by atoms with Crippen molar-refractivity contribution in [3.05, 3.63) is 18.1 Å². The van der Waals surface area contributed by atoms with Crippen molar-refractivity contribution in [3.8, 4) is 0 Å². The third-order valence-electron chi connectivity index (χ3n) is 3.16. The lowest BCUT2D eigenvalue weighted by molar-refractivity contribution is -0.00461. The fraction of sp³-hybridized carbons (Fsp3) is 0.583. The number of anilines is 1. The Balaban J connectivity index is 2.17. The molecule has 2 unspecified atom stereocenters. The second-order valence-electron chi connectivity index (χ2n) is 4.21. The monoisotopic (exact) mass is 267 g/mol. The van der Waals surface area contributed by atoms with Crippen molar-refractivity contribution in [1.29, 1.82) is 0 Å². The van der Waals surface area contributed by atoms with E-state index in [0.29, 0.717) is 18.9 Å². The van der Waals surface area contributed by atoms with Crippen LogP contribution in [0.1, 0.15) is 10.5 Å². The van der Waals surface area contributed by atoms with Crippen LogP contribution in [0, 0.1) is 0 Å². The molecule has 1 aliphatic rings. The predicted molar refractivity (Wildman–Crippen MR) is 67.2 cm³/mol. The van der Waals surface area contributed by atoms with Gasteiger partial charge in [0, 0.05) is 27.3 Å². The van der Waals surface area contributed by atoms with E-state index >= 15 is 0 Å². The van der Waals surface area contributed by atoms with Crippen molar-refractivity contribution in [2.75, 3.05) is 39.3 Å². The third-order valence-corrected chi connectivity index (χ3v) is 3.16. The summed E-state index contributed by atoms with van der Waals surface area (Å²) >= 11 is 0. The number of aromatic nitrogens is 2. The first-order valence-electron chi connectivity index (χ1n) is 5.90. The standard InChI is InChI=1S/C12H17N3O4/c1-17-9-6-15(7-10(9)18-2)11-5-13-4-8(14-11)12(16)19-3/h4-5,9-10H,6-7H2,1-3H3. The lowest BCUT2D eigenvalue weighted by Gasteiger charge is -2.16. The molecule has 1 aromatic rings. The number of carbonyl (C=O) groups is 1. The van der Waals surface area contributed by atoms with E-state index in [1.165, 1.54) is 13.3 Å². The smallest absolute Gasteiger partial charge is 0.358 e. The van der Waals surface area contributed by atoms with E-state index < -0.39 is 5.97 Å². The van der Waals surface area contributed by atoms with Crippen LogP contribution in [0.25, 0.3) is 0 Å². The summed E-state index contributed by atoms with van der Waals surface area (Å²) in [7, 11) is 4.61. The lowest BCUT2D eigenvalue weighted by atomic mass is 10.3. The molecule has 0 aromatic carbocycles. The SMILES string of the molecule is COC(=O)c1cncc(N2CC(OC)C(OC)C2)n1. The molecule has 1 aromatic heterocycles. The predicted octanol–water partition coefficient (Wildman–Crippen LogP) is 0.113. The molecule has 0 aliphatic carbocycles. The fourth-order valence-corrected chi connectivity index (χ4v) is 2.09. The van der Waals surface area contributed by atoms with E-state index in [9.17, 15) is 4.79 Å². The van der Waals surface area contributed by atoms with E-state index in [1.807, 2.05) is 4.90 Å². The molecule has 0 amide bonds. The van der Waals surface area contributed by atoms with Gasteiger partial charge in [0.2, 0.25) is 0 Å². The maximum Gasteiger partial charge on any atom is 0.358 e. The van der Waals surface area contributed by atoms with Crippen molar-refractivity contribution >= 4 is 11.8 Å². The Morgan fingerprint density at radius 3 is 2.37 bits per heavy atom. The fourth-order valence-electron chi connectivity index (χ4n) is 2.09. The molecule has 1 aliphatic heterocycles. The van der Waals surface area contributed by atoms with E-state index in [4.69, 9.17) is 9.47 Å². The zero-order valence-corrected chi connectivity index (χ0v) is 11.2. The quantitative estimate of drug-likeness (QED) is 0.717. The van der Waals surface area contributed by atoms with Crippen LogP contribution in [-0.4, -0.2) is 62.6 Å². The van der Waals surface area contributed by atoms with Crippen LogP contribution in [0.4, 0.5) is 5.82 Å². The molecule has 7 heteroatoms. The average Bonchev–Trinajstić information content (AvgIpc) is 2.89. The van der Waals surface area contributed by atoms with Crippen LogP contribution in [0.2, 0.25) is 0 Å². The van der Waals surface area contributed by atoms with Gasteiger partial charge in [0.25, 0.3) is 0 Å². The number of hydrogen-bond acceptors (Lipinski definition) is 7. The first-order chi connectivity index (χ1) is 9.19. The normalized spacial score (nSPS) is 22.6. The number of methoxy groups -OCH3 is 3. The maximum absolute atomic E-state index is 11.4. The minimum atomic E-state index is -0.500. The van der Waals surface area contributed by atoms with E-state index in [1.54, 1.807) is 20.4 Å². The number of rotatable bonds is 4. The van der Waals surface area contributed by atoms with Gasteiger partial charge in [-0.15, -0.1) is 0 Å². The Labute approximate surface area is 111 Å². The highest BCUT2D eigenvalue weighted by Crippen LogP contribution is 2.21. The first kappa shape index (κ1) is 13.7. The number of carbonyl (C=O) groups excluding carboxylic acids is 1. The summed E-state index contributed by atoms with van der Waals surface area (Å²) in [6.07, 6.45) is 2.95. The van der Waals surface area contributed by atoms with Gasteiger partial charge < -0.3 is 19.1 Å². The highest BCUT2D eigenvalue weighted by atomic mass is 16.5. The third kappa shape index (κ3) is 2.82. The molecule has 2 atom stereocenters. The van der Waals surface area contributed by atoms with Gasteiger partial charge in [0.05, 0.1) is 19.5 Å². The molecule has 1 saturated heterocycles. The topological polar surface area (TPSA) is 73.8 Å². The molecule has 7 nitrogen and oxygen atoms in total. The van der Waals surface area contributed by atoms with Gasteiger partial charge >= 0.3 is 5.97 Å². The van der Waals surface area contributed by atoms with Crippen LogP contribution in [0.15, 0.2) is 12.4 Å². The van der Waals surface area contributed by atoms with Gasteiger partial charge in [-0.2, -0.15) is 0 Å². The Morgan fingerprint density at radius 2 is 1.84 bits per heavy atom. The molecular weight excluding hydrogens is 250 g/mol. The Bertz CT molecular complexity index is 442. The number of nitrogens with zero attached hydrogens (tertiary/aromatic N) is 3. The van der Waals surface area contributed by atoms with Crippen molar-refractivity contribution in [1.82, 2.24) is 9.97 Å². The van der Waals surface area contributed by atoms with Crippen LogP contribution < -0.4 is 4.90 Å². The van der Waals surface area contributed by atoms with Crippen molar-refractivity contribution in [2.24, 2.45) is 0 Å². The second kappa shape index (κ2) is 5.94. The molecule has 2 rings (SSSR count). The number of hydrogen-bond donors (Lipinski definition) is 0. The Kier molecular flexibility index (Phi) is 4.28. The van der Waals surface area contributed by atoms with Crippen molar-refractivity contribution < 1.29 is 19.0 Å². The largest absolute Gasteiger partial charge is 0.464 e. The number of ether oxygens (including phenoxy) is 3.